The normalized spacial score (nSPS) is 27.0. The fraction of sp³-hybridized carbons (Fsp3) is 0.857. The van der Waals surface area contributed by atoms with Gasteiger partial charge in [0, 0.05) is 31.7 Å². The van der Waals surface area contributed by atoms with Crippen LogP contribution in [0.25, 0.3) is 0 Å². The number of carboxylic acid groups (broad SMARTS) is 1. The Hall–Kier alpha value is -1.30. The molecule has 0 aromatic carbocycles. The van der Waals surface area contributed by atoms with Crippen LogP contribution >= 0.6 is 0 Å². The molecular weight excluding hydrogens is 258 g/mol. The van der Waals surface area contributed by atoms with E-state index in [0.717, 1.165) is 51.9 Å². The van der Waals surface area contributed by atoms with E-state index in [4.69, 9.17) is 5.11 Å². The summed E-state index contributed by atoms with van der Waals surface area (Å²) in [7, 11) is 0. The van der Waals surface area contributed by atoms with Crippen molar-refractivity contribution >= 4 is 12.0 Å². The summed E-state index contributed by atoms with van der Waals surface area (Å²) in [5, 5.41) is 8.99. The molecule has 20 heavy (non-hydrogen) atoms. The predicted octanol–water partition coefficient (Wildman–Crippen LogP) is 0.826. The summed E-state index contributed by atoms with van der Waals surface area (Å²) in [4.78, 5) is 29.5. The van der Waals surface area contributed by atoms with Gasteiger partial charge in [-0.15, -0.1) is 0 Å². The maximum atomic E-state index is 12.6. The van der Waals surface area contributed by atoms with Crippen LogP contribution in [0.1, 0.15) is 32.1 Å². The first-order valence-corrected chi connectivity index (χ1v) is 7.66. The molecule has 112 valence electrons. The molecule has 0 bridgehead atoms. The van der Waals surface area contributed by atoms with Crippen molar-refractivity contribution in [1.29, 1.82) is 0 Å². The number of carbonyl (C=O) groups is 2. The van der Waals surface area contributed by atoms with E-state index in [0.29, 0.717) is 6.04 Å². The molecule has 1 N–H and O–H groups in total. The topological polar surface area (TPSA) is 64.1 Å². The Morgan fingerprint density at radius 2 is 1.85 bits per heavy atom. The molecule has 2 aliphatic heterocycles. The van der Waals surface area contributed by atoms with Crippen LogP contribution in [0.15, 0.2) is 0 Å². The van der Waals surface area contributed by atoms with Crippen LogP contribution in [0.2, 0.25) is 0 Å². The molecule has 1 aliphatic carbocycles. The number of nitrogens with zero attached hydrogens (tertiary/aromatic N) is 3. The average Bonchev–Trinajstić information content (AvgIpc) is 3.19. The highest BCUT2D eigenvalue weighted by atomic mass is 16.4. The van der Waals surface area contributed by atoms with E-state index >= 15 is 0 Å². The third-order valence-electron chi connectivity index (χ3n) is 4.61. The number of fused-ring (bicyclic) bond motifs is 1. The van der Waals surface area contributed by atoms with Gasteiger partial charge in [0.15, 0.2) is 0 Å². The number of hydrogen-bond acceptors (Lipinski definition) is 3. The first-order valence-electron chi connectivity index (χ1n) is 7.66. The molecule has 2 amide bonds. The lowest BCUT2D eigenvalue weighted by molar-refractivity contribution is -0.137. The number of aliphatic carboxylic acids is 1. The summed E-state index contributed by atoms with van der Waals surface area (Å²) in [6.45, 7) is 3.58. The molecule has 1 saturated carbocycles. The Balaban J connectivity index is 1.66. The van der Waals surface area contributed by atoms with Crippen molar-refractivity contribution in [2.45, 2.75) is 44.2 Å². The van der Waals surface area contributed by atoms with Crippen LogP contribution in [0.3, 0.4) is 0 Å². The third kappa shape index (κ3) is 2.90. The van der Waals surface area contributed by atoms with Crippen molar-refractivity contribution in [3.8, 4) is 0 Å². The molecule has 3 aliphatic rings. The highest BCUT2D eigenvalue weighted by Gasteiger charge is 2.38. The molecule has 2 heterocycles. The van der Waals surface area contributed by atoms with E-state index in [-0.39, 0.29) is 18.6 Å². The van der Waals surface area contributed by atoms with Gasteiger partial charge in [-0.2, -0.15) is 0 Å². The highest BCUT2D eigenvalue weighted by molar-refractivity contribution is 5.80. The van der Waals surface area contributed by atoms with Gasteiger partial charge in [-0.1, -0.05) is 0 Å². The van der Waals surface area contributed by atoms with Gasteiger partial charge in [-0.25, -0.2) is 4.79 Å². The second-order valence-electron chi connectivity index (χ2n) is 6.17. The van der Waals surface area contributed by atoms with E-state index in [1.54, 1.807) is 4.90 Å². The number of carbonyl (C=O) groups excluding carboxylic acids is 1. The molecule has 2 saturated heterocycles. The van der Waals surface area contributed by atoms with Gasteiger partial charge >= 0.3 is 12.0 Å². The molecule has 3 rings (SSSR count). The highest BCUT2D eigenvalue weighted by Crippen LogP contribution is 2.29. The number of urea groups is 1. The lowest BCUT2D eigenvalue weighted by atomic mass is 10.2. The molecule has 1 unspecified atom stereocenters. The summed E-state index contributed by atoms with van der Waals surface area (Å²) >= 11 is 0. The van der Waals surface area contributed by atoms with E-state index in [1.807, 2.05) is 4.90 Å². The minimum atomic E-state index is -0.914. The van der Waals surface area contributed by atoms with Crippen LogP contribution in [0.4, 0.5) is 4.79 Å². The monoisotopic (exact) mass is 281 g/mol. The van der Waals surface area contributed by atoms with Gasteiger partial charge in [0.1, 0.15) is 6.54 Å². The van der Waals surface area contributed by atoms with Crippen LogP contribution in [0.5, 0.6) is 0 Å². The van der Waals surface area contributed by atoms with Crippen LogP contribution < -0.4 is 0 Å². The Morgan fingerprint density at radius 3 is 2.55 bits per heavy atom. The Kier molecular flexibility index (Phi) is 3.83. The van der Waals surface area contributed by atoms with Crippen molar-refractivity contribution in [1.82, 2.24) is 14.7 Å². The fourth-order valence-corrected chi connectivity index (χ4v) is 3.45. The van der Waals surface area contributed by atoms with Crippen molar-refractivity contribution < 1.29 is 14.7 Å². The Labute approximate surface area is 119 Å². The smallest absolute Gasteiger partial charge is 0.323 e. The number of amides is 2. The summed E-state index contributed by atoms with van der Waals surface area (Å²) in [5.74, 6) is -0.914. The molecule has 0 aromatic rings. The first-order chi connectivity index (χ1) is 9.65. The van der Waals surface area contributed by atoms with Gasteiger partial charge in [-0.3, -0.25) is 9.69 Å². The molecule has 6 heteroatoms. The zero-order valence-electron chi connectivity index (χ0n) is 11.8. The van der Waals surface area contributed by atoms with E-state index < -0.39 is 5.97 Å². The summed E-state index contributed by atoms with van der Waals surface area (Å²) in [6, 6.07) is 0.567. The van der Waals surface area contributed by atoms with E-state index in [1.165, 1.54) is 6.42 Å². The molecular formula is C14H23N3O3. The standard InChI is InChI=1S/C14H23N3O3/c18-13(19)10-17(11-4-5-11)14(20)16-8-2-7-15-6-1-3-12(15)9-16/h11-12H,1-10H2,(H,18,19). The van der Waals surface area contributed by atoms with E-state index in [2.05, 4.69) is 4.90 Å². The molecule has 0 aromatic heterocycles. The lowest BCUT2D eigenvalue weighted by Gasteiger charge is -2.31. The minimum absolute atomic E-state index is 0.0661. The second-order valence-corrected chi connectivity index (χ2v) is 6.17. The second kappa shape index (κ2) is 5.60. The predicted molar refractivity (Wildman–Crippen MR) is 73.5 cm³/mol. The number of hydrogen-bond donors (Lipinski definition) is 1. The molecule has 3 fully saturated rings. The SMILES string of the molecule is O=C(O)CN(C(=O)N1CCCN2CCCC2C1)C1CC1. The molecule has 1 atom stereocenters. The first kappa shape index (κ1) is 13.7. The summed E-state index contributed by atoms with van der Waals surface area (Å²) in [5.41, 5.74) is 0. The largest absolute Gasteiger partial charge is 0.480 e. The van der Waals surface area contributed by atoms with Crippen LogP contribution in [-0.2, 0) is 4.79 Å². The zero-order chi connectivity index (χ0) is 14.1. The molecule has 0 spiro atoms. The van der Waals surface area contributed by atoms with E-state index in [9.17, 15) is 9.59 Å². The van der Waals surface area contributed by atoms with Gasteiger partial charge in [0.25, 0.3) is 0 Å². The molecule has 0 radical (unpaired) electrons. The summed E-state index contributed by atoms with van der Waals surface area (Å²) < 4.78 is 0. The summed E-state index contributed by atoms with van der Waals surface area (Å²) in [6.07, 6.45) is 5.26. The average molecular weight is 281 g/mol. The Bertz CT molecular complexity index is 397. The van der Waals surface area contributed by atoms with Gasteiger partial charge in [0.2, 0.25) is 0 Å². The quantitative estimate of drug-likeness (QED) is 0.832. The van der Waals surface area contributed by atoms with Crippen LogP contribution in [-0.4, -0.2) is 76.6 Å². The van der Waals surface area contributed by atoms with Crippen molar-refractivity contribution in [2.24, 2.45) is 0 Å². The third-order valence-corrected chi connectivity index (χ3v) is 4.61. The zero-order valence-corrected chi connectivity index (χ0v) is 11.8. The van der Waals surface area contributed by atoms with Gasteiger partial charge < -0.3 is 14.9 Å². The van der Waals surface area contributed by atoms with Gasteiger partial charge in [0.05, 0.1) is 0 Å². The van der Waals surface area contributed by atoms with Crippen LogP contribution in [0, 0.1) is 0 Å². The van der Waals surface area contributed by atoms with Crippen molar-refractivity contribution in [3.05, 3.63) is 0 Å². The minimum Gasteiger partial charge on any atom is -0.480 e. The maximum Gasteiger partial charge on any atom is 0.323 e. The van der Waals surface area contributed by atoms with Gasteiger partial charge in [-0.05, 0) is 38.6 Å². The van der Waals surface area contributed by atoms with Crippen molar-refractivity contribution in [3.63, 3.8) is 0 Å². The molecule has 6 nitrogen and oxygen atoms in total. The van der Waals surface area contributed by atoms with Crippen molar-refractivity contribution in [2.75, 3.05) is 32.7 Å². The number of rotatable bonds is 3. The maximum absolute atomic E-state index is 12.6. The number of carboxylic acids is 1. The lowest BCUT2D eigenvalue weighted by Crippen LogP contribution is -2.49. The Morgan fingerprint density at radius 1 is 1.10 bits per heavy atom. The fourth-order valence-electron chi connectivity index (χ4n) is 3.45.